The molecular weight excluding hydrogens is 432 g/mol. The van der Waals surface area contributed by atoms with E-state index in [1.165, 1.54) is 24.3 Å². The summed E-state index contributed by atoms with van der Waals surface area (Å²) in [5.41, 5.74) is 2.43. The maximum atomic E-state index is 13.3. The zero-order valence-corrected chi connectivity index (χ0v) is 17.7. The number of anilines is 1. The highest BCUT2D eigenvalue weighted by Gasteiger charge is 2.39. The number of hydrogen-bond acceptors (Lipinski definition) is 6. The Morgan fingerprint density at radius 1 is 1.06 bits per heavy atom. The summed E-state index contributed by atoms with van der Waals surface area (Å²) in [6, 6.07) is 15.9. The van der Waals surface area contributed by atoms with Crippen LogP contribution in [0.5, 0.6) is 0 Å². The summed E-state index contributed by atoms with van der Waals surface area (Å²) in [5.74, 6) is -1.04. The van der Waals surface area contributed by atoms with Gasteiger partial charge in [0, 0.05) is 29.0 Å². The highest BCUT2D eigenvalue weighted by atomic mass is 35.5. The van der Waals surface area contributed by atoms with Gasteiger partial charge in [-0.25, -0.2) is 0 Å². The third-order valence-corrected chi connectivity index (χ3v) is 5.28. The number of nitrogens with one attached hydrogen (secondary N) is 1. The minimum Gasteiger partial charge on any atom is -0.350 e. The van der Waals surface area contributed by atoms with E-state index in [2.05, 4.69) is 10.3 Å². The van der Waals surface area contributed by atoms with E-state index in [-0.39, 0.29) is 23.5 Å². The minimum atomic E-state index is -0.526. The summed E-state index contributed by atoms with van der Waals surface area (Å²) in [6.45, 7) is 1.84. The lowest BCUT2D eigenvalue weighted by Gasteiger charge is -2.15. The fraction of sp³-hybridized carbons (Fsp3) is 0.0870. The second-order valence-electron chi connectivity index (χ2n) is 7.16. The normalized spacial score (nSPS) is 13.6. The van der Waals surface area contributed by atoms with Gasteiger partial charge in [-0.05, 0) is 54.4 Å². The maximum Gasteiger partial charge on any atom is 0.278 e. The van der Waals surface area contributed by atoms with Crippen LogP contribution in [0.2, 0.25) is 5.02 Å². The zero-order valence-electron chi connectivity index (χ0n) is 16.9. The van der Waals surface area contributed by atoms with Gasteiger partial charge in [0.15, 0.2) is 0 Å². The van der Waals surface area contributed by atoms with E-state index >= 15 is 0 Å². The second-order valence-corrected chi connectivity index (χ2v) is 7.59. The number of carbonyl (C=O) groups is 2. The molecule has 0 saturated carbocycles. The fourth-order valence-electron chi connectivity index (χ4n) is 3.37. The first kappa shape index (κ1) is 21.2. The van der Waals surface area contributed by atoms with Crippen LogP contribution in [0.15, 0.2) is 72.6 Å². The predicted octanol–water partition coefficient (Wildman–Crippen LogP) is 4.34. The first-order valence-corrected chi connectivity index (χ1v) is 10.0. The van der Waals surface area contributed by atoms with Crippen molar-refractivity contribution in [1.82, 2.24) is 9.88 Å². The van der Waals surface area contributed by atoms with E-state index in [1.807, 2.05) is 6.92 Å². The SMILES string of the molecule is Cc1ccc(Cl)cc1NC1=C(c2ccc([N+](=O)[O-])cc2)C(=O)N(Cc2ccccn2)C1=O. The molecule has 0 fully saturated rings. The van der Waals surface area contributed by atoms with Crippen LogP contribution in [-0.4, -0.2) is 26.6 Å². The average Bonchev–Trinajstić information content (AvgIpc) is 3.01. The molecule has 1 aliphatic rings. The summed E-state index contributed by atoms with van der Waals surface area (Å²) in [4.78, 5) is 42.4. The molecule has 4 rings (SSSR count). The average molecular weight is 449 g/mol. The van der Waals surface area contributed by atoms with Gasteiger partial charge in [-0.1, -0.05) is 23.7 Å². The van der Waals surface area contributed by atoms with Crippen molar-refractivity contribution in [3.05, 3.63) is 105 Å². The van der Waals surface area contributed by atoms with Gasteiger partial charge in [-0.15, -0.1) is 0 Å². The van der Waals surface area contributed by atoms with Gasteiger partial charge in [-0.3, -0.25) is 29.6 Å². The van der Waals surface area contributed by atoms with Gasteiger partial charge in [0.2, 0.25) is 0 Å². The number of non-ortho nitro benzene ring substituents is 1. The van der Waals surface area contributed by atoms with Crippen molar-refractivity contribution in [3.8, 4) is 0 Å². The Kier molecular flexibility index (Phi) is 5.70. The van der Waals surface area contributed by atoms with Gasteiger partial charge >= 0.3 is 0 Å². The maximum absolute atomic E-state index is 13.3. The number of imide groups is 1. The molecule has 1 aromatic heterocycles. The Balaban J connectivity index is 1.78. The molecule has 0 unspecified atom stereocenters. The number of aromatic nitrogens is 1. The Labute approximate surface area is 188 Å². The lowest BCUT2D eigenvalue weighted by atomic mass is 10.0. The molecule has 0 bridgehead atoms. The Morgan fingerprint density at radius 3 is 2.47 bits per heavy atom. The van der Waals surface area contributed by atoms with E-state index in [9.17, 15) is 19.7 Å². The van der Waals surface area contributed by atoms with Gasteiger partial charge < -0.3 is 5.32 Å². The lowest BCUT2D eigenvalue weighted by molar-refractivity contribution is -0.384. The predicted molar refractivity (Wildman–Crippen MR) is 120 cm³/mol. The number of halogens is 1. The molecule has 2 aromatic carbocycles. The quantitative estimate of drug-likeness (QED) is 0.341. The van der Waals surface area contributed by atoms with Gasteiger partial charge in [0.05, 0.1) is 22.7 Å². The van der Waals surface area contributed by atoms with Crippen LogP contribution >= 0.6 is 11.6 Å². The molecule has 9 heteroatoms. The molecule has 2 heterocycles. The largest absolute Gasteiger partial charge is 0.350 e. The van der Waals surface area contributed by atoms with Gasteiger partial charge in [-0.2, -0.15) is 0 Å². The number of hydrogen-bond donors (Lipinski definition) is 1. The van der Waals surface area contributed by atoms with Crippen molar-refractivity contribution in [1.29, 1.82) is 0 Å². The minimum absolute atomic E-state index is 0.00526. The first-order chi connectivity index (χ1) is 15.3. The third-order valence-electron chi connectivity index (χ3n) is 5.04. The highest BCUT2D eigenvalue weighted by Crippen LogP contribution is 2.33. The van der Waals surface area contributed by atoms with E-state index in [0.717, 1.165) is 10.5 Å². The van der Waals surface area contributed by atoms with E-state index < -0.39 is 16.7 Å². The number of benzene rings is 2. The standard InChI is InChI=1S/C23H17ClN4O4/c1-14-5-8-16(24)12-19(14)26-21-20(15-6-9-18(10-7-15)28(31)32)22(29)27(23(21)30)13-17-4-2-3-11-25-17/h2-12,26H,13H2,1H3. The Morgan fingerprint density at radius 2 is 1.81 bits per heavy atom. The van der Waals surface area contributed by atoms with E-state index in [1.54, 1.807) is 42.6 Å². The molecule has 1 aliphatic heterocycles. The van der Waals surface area contributed by atoms with Crippen molar-refractivity contribution >= 4 is 40.4 Å². The van der Waals surface area contributed by atoms with E-state index in [0.29, 0.717) is 22.0 Å². The second kappa shape index (κ2) is 8.60. The smallest absolute Gasteiger partial charge is 0.278 e. The molecule has 2 amide bonds. The molecule has 32 heavy (non-hydrogen) atoms. The van der Waals surface area contributed by atoms with Crippen LogP contribution in [0, 0.1) is 17.0 Å². The number of amides is 2. The molecule has 0 spiro atoms. The van der Waals surface area contributed by atoms with Crippen molar-refractivity contribution in [2.24, 2.45) is 0 Å². The number of nitro groups is 1. The number of rotatable bonds is 6. The summed E-state index contributed by atoms with van der Waals surface area (Å²) < 4.78 is 0. The van der Waals surface area contributed by atoms with Crippen molar-refractivity contribution < 1.29 is 14.5 Å². The summed E-state index contributed by atoms with van der Waals surface area (Å²) in [7, 11) is 0. The molecule has 0 aliphatic carbocycles. The van der Waals surface area contributed by atoms with Crippen LogP contribution in [-0.2, 0) is 16.1 Å². The van der Waals surface area contributed by atoms with Gasteiger partial charge in [0.25, 0.3) is 17.5 Å². The van der Waals surface area contributed by atoms with Gasteiger partial charge in [0.1, 0.15) is 5.70 Å². The number of nitro benzene ring substituents is 1. The topological polar surface area (TPSA) is 105 Å². The molecule has 3 aromatic rings. The Hall–Kier alpha value is -4.04. The zero-order chi connectivity index (χ0) is 22.8. The highest BCUT2D eigenvalue weighted by molar-refractivity contribution is 6.36. The molecule has 160 valence electrons. The Bertz CT molecular complexity index is 1260. The van der Waals surface area contributed by atoms with E-state index in [4.69, 9.17) is 11.6 Å². The molecular formula is C23H17ClN4O4. The summed E-state index contributed by atoms with van der Waals surface area (Å²) >= 11 is 6.11. The van der Waals surface area contributed by atoms with Crippen molar-refractivity contribution in [2.45, 2.75) is 13.5 Å². The molecule has 8 nitrogen and oxygen atoms in total. The van der Waals surface area contributed by atoms with Crippen LogP contribution in [0.4, 0.5) is 11.4 Å². The molecule has 1 N–H and O–H groups in total. The first-order valence-electron chi connectivity index (χ1n) is 9.63. The summed E-state index contributed by atoms with van der Waals surface area (Å²) in [6.07, 6.45) is 1.58. The third kappa shape index (κ3) is 4.08. The van der Waals surface area contributed by atoms with Crippen molar-refractivity contribution in [2.75, 3.05) is 5.32 Å². The van der Waals surface area contributed by atoms with Crippen LogP contribution in [0.1, 0.15) is 16.8 Å². The molecule has 0 radical (unpaired) electrons. The van der Waals surface area contributed by atoms with Crippen LogP contribution in [0.3, 0.4) is 0 Å². The monoisotopic (exact) mass is 448 g/mol. The van der Waals surface area contributed by atoms with Crippen LogP contribution in [0.25, 0.3) is 5.57 Å². The number of carbonyl (C=O) groups excluding carboxylic acids is 2. The number of aryl methyl sites for hydroxylation is 1. The fourth-order valence-corrected chi connectivity index (χ4v) is 3.54. The number of nitrogens with zero attached hydrogens (tertiary/aromatic N) is 3. The van der Waals surface area contributed by atoms with Crippen LogP contribution < -0.4 is 5.32 Å². The summed E-state index contributed by atoms with van der Waals surface area (Å²) in [5, 5.41) is 14.5. The number of pyridine rings is 1. The molecule has 0 saturated heterocycles. The van der Waals surface area contributed by atoms with Crippen molar-refractivity contribution in [3.63, 3.8) is 0 Å². The molecule has 0 atom stereocenters. The lowest BCUT2D eigenvalue weighted by Crippen LogP contribution is -2.32.